The quantitative estimate of drug-likeness (QED) is 0.475. The van der Waals surface area contributed by atoms with Crippen LogP contribution in [0.3, 0.4) is 0 Å². The molecule has 0 bridgehead atoms. The highest BCUT2D eigenvalue weighted by Crippen LogP contribution is 1.91. The van der Waals surface area contributed by atoms with Crippen molar-refractivity contribution in [2.24, 2.45) is 5.73 Å². The largest absolute Gasteiger partial charge is 0.444 e. The van der Waals surface area contributed by atoms with Crippen LogP contribution < -0.4 is 5.73 Å². The maximum atomic E-state index is 10.4. The van der Waals surface area contributed by atoms with E-state index in [0.29, 0.717) is 6.42 Å². The second kappa shape index (κ2) is 8.47. The molecule has 0 aliphatic rings. The van der Waals surface area contributed by atoms with Gasteiger partial charge in [0.05, 0.1) is 0 Å². The smallest absolute Gasteiger partial charge is 0.331 e. The molecule has 14 heavy (non-hydrogen) atoms. The van der Waals surface area contributed by atoms with Crippen molar-refractivity contribution in [2.75, 3.05) is 0 Å². The van der Waals surface area contributed by atoms with Crippen LogP contribution >= 0.6 is 11.3 Å². The van der Waals surface area contributed by atoms with E-state index in [1.165, 1.54) is 0 Å². The van der Waals surface area contributed by atoms with E-state index < -0.39 is 12.2 Å². The van der Waals surface area contributed by atoms with Crippen LogP contribution in [-0.2, 0) is 9.53 Å². The molecule has 1 rings (SSSR count). The van der Waals surface area contributed by atoms with Gasteiger partial charge in [0.25, 0.3) is 0 Å². The highest BCUT2D eigenvalue weighted by atomic mass is 32.1. The zero-order valence-electron chi connectivity index (χ0n) is 8.18. The summed E-state index contributed by atoms with van der Waals surface area (Å²) in [6, 6.07) is 4.04. The van der Waals surface area contributed by atoms with Crippen LogP contribution in [0.15, 0.2) is 35.5 Å². The summed E-state index contributed by atoms with van der Waals surface area (Å²) in [5, 5.41) is 4.08. The Morgan fingerprint density at radius 2 is 2.21 bits per heavy atom. The summed E-state index contributed by atoms with van der Waals surface area (Å²) in [7, 11) is 0. The minimum atomic E-state index is -0.490. The summed E-state index contributed by atoms with van der Waals surface area (Å²) in [5.74, 6) is -0.468. The molecule has 0 spiro atoms. The van der Waals surface area contributed by atoms with Gasteiger partial charge in [-0.2, -0.15) is 11.3 Å². The molecule has 0 saturated heterocycles. The maximum absolute atomic E-state index is 10.4. The molecule has 0 fully saturated rings. The zero-order valence-corrected chi connectivity index (χ0v) is 9.00. The number of hydrogen-bond acceptors (Lipinski definition) is 4. The van der Waals surface area contributed by atoms with E-state index in [4.69, 9.17) is 5.73 Å². The minimum Gasteiger partial charge on any atom is -0.444 e. The number of thiophene rings is 1. The molecule has 0 aliphatic carbocycles. The number of carbonyl (C=O) groups excluding carboxylic acids is 1. The number of hydrogen-bond donors (Lipinski definition) is 1. The minimum absolute atomic E-state index is 0.468. The molecule has 1 aromatic rings. The molecule has 1 unspecified atom stereocenters. The van der Waals surface area contributed by atoms with Crippen LogP contribution in [0.25, 0.3) is 0 Å². The average Bonchev–Trinajstić information content (AvgIpc) is 2.75. The van der Waals surface area contributed by atoms with E-state index in [1.54, 1.807) is 11.3 Å². The molecule has 0 aromatic carbocycles. The molecular weight excluding hydrogens is 198 g/mol. The molecule has 78 valence electrons. The van der Waals surface area contributed by atoms with E-state index in [-0.39, 0.29) is 0 Å². The van der Waals surface area contributed by atoms with Crippen LogP contribution in [0.4, 0.5) is 0 Å². The topological polar surface area (TPSA) is 52.3 Å². The van der Waals surface area contributed by atoms with Gasteiger partial charge in [-0.3, -0.25) is 5.73 Å². The van der Waals surface area contributed by atoms with Gasteiger partial charge in [-0.05, 0) is 17.2 Å². The Morgan fingerprint density at radius 1 is 1.64 bits per heavy atom. The van der Waals surface area contributed by atoms with Gasteiger partial charge >= 0.3 is 5.97 Å². The Bertz CT molecular complexity index is 229. The Hall–Kier alpha value is -1.13. The van der Waals surface area contributed by atoms with Crippen molar-refractivity contribution in [3.8, 4) is 0 Å². The number of rotatable bonds is 3. The lowest BCUT2D eigenvalue weighted by Crippen LogP contribution is -2.24. The summed E-state index contributed by atoms with van der Waals surface area (Å²) < 4.78 is 4.57. The van der Waals surface area contributed by atoms with E-state index >= 15 is 0 Å². The lowest BCUT2D eigenvalue weighted by Gasteiger charge is -2.07. The molecule has 4 heteroatoms. The molecular formula is C10H15NO2S. The summed E-state index contributed by atoms with van der Waals surface area (Å²) in [5.41, 5.74) is 5.26. The van der Waals surface area contributed by atoms with Crippen molar-refractivity contribution in [1.29, 1.82) is 0 Å². The fourth-order valence-corrected chi connectivity index (χ4v) is 0.961. The lowest BCUT2D eigenvalue weighted by molar-refractivity contribution is -0.142. The van der Waals surface area contributed by atoms with Crippen LogP contribution in [0.5, 0.6) is 0 Å². The van der Waals surface area contributed by atoms with Crippen LogP contribution in [0.1, 0.15) is 13.3 Å². The molecule has 0 aliphatic heterocycles. The van der Waals surface area contributed by atoms with Crippen molar-refractivity contribution in [2.45, 2.75) is 19.6 Å². The van der Waals surface area contributed by atoms with Crippen molar-refractivity contribution in [3.63, 3.8) is 0 Å². The number of nitrogens with two attached hydrogens (primary N) is 1. The van der Waals surface area contributed by atoms with E-state index in [0.717, 1.165) is 6.08 Å². The van der Waals surface area contributed by atoms with Crippen molar-refractivity contribution < 1.29 is 9.53 Å². The van der Waals surface area contributed by atoms with Gasteiger partial charge in [-0.1, -0.05) is 25.6 Å². The third kappa shape index (κ3) is 7.52. The Morgan fingerprint density at radius 3 is 2.50 bits per heavy atom. The number of carbonyl (C=O) groups is 1. The number of esters is 1. The SMILES string of the molecule is C=CC(=O)OC(N)CC.c1ccsc1. The van der Waals surface area contributed by atoms with Gasteiger partial charge in [0.1, 0.15) is 0 Å². The van der Waals surface area contributed by atoms with Crippen molar-refractivity contribution in [3.05, 3.63) is 35.5 Å². The molecule has 1 atom stereocenters. The molecule has 0 saturated carbocycles. The third-order valence-corrected chi connectivity index (χ3v) is 1.89. The van der Waals surface area contributed by atoms with Gasteiger partial charge in [-0.25, -0.2) is 4.79 Å². The average molecular weight is 213 g/mol. The summed E-state index contributed by atoms with van der Waals surface area (Å²) in [6.45, 7) is 5.05. The monoisotopic (exact) mass is 213 g/mol. The normalized spacial score (nSPS) is 10.7. The second-order valence-corrected chi connectivity index (χ2v) is 3.20. The highest BCUT2D eigenvalue weighted by molar-refractivity contribution is 7.07. The van der Waals surface area contributed by atoms with E-state index in [2.05, 4.69) is 11.3 Å². The lowest BCUT2D eigenvalue weighted by atomic mass is 10.4. The van der Waals surface area contributed by atoms with Crippen LogP contribution in [0, 0.1) is 0 Å². The second-order valence-electron chi connectivity index (χ2n) is 2.38. The molecule has 1 heterocycles. The Balaban J connectivity index is 0.000000280. The summed E-state index contributed by atoms with van der Waals surface area (Å²) in [4.78, 5) is 10.4. The molecule has 1 aromatic heterocycles. The van der Waals surface area contributed by atoms with Gasteiger partial charge in [-0.15, -0.1) is 0 Å². The third-order valence-electron chi connectivity index (χ3n) is 1.26. The number of ether oxygens (including phenoxy) is 1. The van der Waals surface area contributed by atoms with E-state index in [1.807, 2.05) is 29.8 Å². The predicted molar refractivity (Wildman–Crippen MR) is 58.9 cm³/mol. The van der Waals surface area contributed by atoms with Gasteiger partial charge < -0.3 is 4.74 Å². The summed E-state index contributed by atoms with van der Waals surface area (Å²) >= 11 is 1.71. The van der Waals surface area contributed by atoms with Gasteiger partial charge in [0.2, 0.25) is 0 Å². The fourth-order valence-electron chi connectivity index (χ4n) is 0.507. The first kappa shape index (κ1) is 12.9. The first-order valence-corrected chi connectivity index (χ1v) is 5.20. The van der Waals surface area contributed by atoms with Gasteiger partial charge in [0, 0.05) is 6.08 Å². The highest BCUT2D eigenvalue weighted by Gasteiger charge is 2.01. The maximum Gasteiger partial charge on any atom is 0.331 e. The van der Waals surface area contributed by atoms with Crippen molar-refractivity contribution >= 4 is 17.3 Å². The zero-order chi connectivity index (χ0) is 10.8. The standard InChI is InChI=1S/C6H11NO2.C4H4S/c1-3-5(7)9-6(8)4-2;1-2-4-5-3-1/h4-5H,2-3,7H2,1H3;1-4H. The fraction of sp³-hybridized carbons (Fsp3) is 0.300. The van der Waals surface area contributed by atoms with Gasteiger partial charge in [0.15, 0.2) is 6.23 Å². The molecule has 2 N–H and O–H groups in total. The summed E-state index contributed by atoms with van der Waals surface area (Å²) in [6.07, 6.45) is 1.23. The predicted octanol–water partition coefficient (Wildman–Crippen LogP) is 2.16. The Labute approximate surface area is 88.2 Å². The Kier molecular flexibility index (Phi) is 7.78. The molecule has 3 nitrogen and oxygen atoms in total. The molecule has 0 radical (unpaired) electrons. The van der Waals surface area contributed by atoms with Crippen molar-refractivity contribution in [1.82, 2.24) is 0 Å². The molecule has 0 amide bonds. The van der Waals surface area contributed by atoms with E-state index in [9.17, 15) is 4.79 Å². The van der Waals surface area contributed by atoms with Crippen LogP contribution in [0.2, 0.25) is 0 Å². The first-order valence-electron chi connectivity index (χ1n) is 4.26. The van der Waals surface area contributed by atoms with Crippen LogP contribution in [-0.4, -0.2) is 12.2 Å². The first-order chi connectivity index (χ1) is 6.70.